The Bertz CT molecular complexity index is 457. The molecule has 0 radical (unpaired) electrons. The Kier molecular flexibility index (Phi) is 4.80. The van der Waals surface area contributed by atoms with Gasteiger partial charge in [0.2, 0.25) is 5.82 Å². The van der Waals surface area contributed by atoms with E-state index in [4.69, 9.17) is 5.73 Å². The fourth-order valence-electron chi connectivity index (χ4n) is 1.68. The average molecular weight is 292 g/mol. The predicted molar refractivity (Wildman–Crippen MR) is 70.0 cm³/mol. The maximum atomic E-state index is 12.5. The molecule has 8 heteroatoms. The first-order valence-electron chi connectivity index (χ1n) is 6.11. The summed E-state index contributed by atoms with van der Waals surface area (Å²) in [5.74, 6) is -1.64. The molecule has 0 aliphatic heterocycles. The first kappa shape index (κ1) is 16.5. The number of nitrogen functional groups attached to an aromatic ring is 1. The summed E-state index contributed by atoms with van der Waals surface area (Å²) < 4.78 is 37.5. The number of alkyl halides is 3. The number of rotatable bonds is 4. The predicted octanol–water partition coefficient (Wildman–Crippen LogP) is 2.29. The van der Waals surface area contributed by atoms with Crippen LogP contribution in [-0.2, 0) is 6.18 Å². The number of aliphatic hydroxyl groups excluding tert-OH is 1. The number of aromatic nitrogens is 2. The molecule has 20 heavy (non-hydrogen) atoms. The van der Waals surface area contributed by atoms with Crippen LogP contribution in [0.2, 0.25) is 0 Å². The number of hydrogen-bond donors (Lipinski definition) is 3. The van der Waals surface area contributed by atoms with Gasteiger partial charge in [0.05, 0.1) is 6.10 Å². The molecule has 0 saturated heterocycles. The number of aliphatic hydroxyl groups is 1. The summed E-state index contributed by atoms with van der Waals surface area (Å²) >= 11 is 0. The monoisotopic (exact) mass is 292 g/mol. The molecule has 5 nitrogen and oxygen atoms in total. The van der Waals surface area contributed by atoms with Crippen molar-refractivity contribution in [2.24, 2.45) is 5.41 Å². The molecule has 1 atom stereocenters. The highest BCUT2D eigenvalue weighted by molar-refractivity contribution is 5.45. The second-order valence-corrected chi connectivity index (χ2v) is 5.80. The molecule has 0 spiro atoms. The Hall–Kier alpha value is -1.57. The summed E-state index contributed by atoms with van der Waals surface area (Å²) in [5.41, 5.74) is 5.23. The van der Waals surface area contributed by atoms with Crippen molar-refractivity contribution >= 4 is 11.6 Å². The molecule has 1 aromatic rings. The van der Waals surface area contributed by atoms with E-state index in [1.807, 2.05) is 20.8 Å². The van der Waals surface area contributed by atoms with E-state index in [9.17, 15) is 18.3 Å². The van der Waals surface area contributed by atoms with Crippen LogP contribution in [0.3, 0.4) is 0 Å². The highest BCUT2D eigenvalue weighted by atomic mass is 19.4. The Morgan fingerprint density at radius 3 is 2.40 bits per heavy atom. The maximum absolute atomic E-state index is 12.5. The Balaban J connectivity index is 2.71. The minimum absolute atomic E-state index is 0.0576. The van der Waals surface area contributed by atoms with Gasteiger partial charge in [-0.15, -0.1) is 0 Å². The van der Waals surface area contributed by atoms with Crippen molar-refractivity contribution in [1.82, 2.24) is 9.97 Å². The third kappa shape index (κ3) is 5.60. The standard InChI is InChI=1S/C12H19F3N4O/c1-11(2,3)5-7(20)6-17-9-4-8(16)18-10(19-9)12(13,14)15/h4,7,20H,5-6H2,1-3H3,(H3,16,17,18,19). The SMILES string of the molecule is CC(C)(C)CC(O)CNc1cc(N)nc(C(F)(F)F)n1. The van der Waals surface area contributed by atoms with Crippen molar-refractivity contribution in [3.63, 3.8) is 0 Å². The number of nitrogens with two attached hydrogens (primary N) is 1. The van der Waals surface area contributed by atoms with Gasteiger partial charge in [0.25, 0.3) is 0 Å². The minimum Gasteiger partial charge on any atom is -0.391 e. The van der Waals surface area contributed by atoms with Crippen LogP contribution in [0, 0.1) is 5.41 Å². The number of hydrogen-bond acceptors (Lipinski definition) is 5. The fraction of sp³-hybridized carbons (Fsp3) is 0.667. The molecule has 4 N–H and O–H groups in total. The van der Waals surface area contributed by atoms with E-state index >= 15 is 0 Å². The summed E-state index contributed by atoms with van der Waals surface area (Å²) in [6.45, 7) is 5.97. The van der Waals surface area contributed by atoms with Crippen molar-refractivity contribution in [1.29, 1.82) is 0 Å². The lowest BCUT2D eigenvalue weighted by Crippen LogP contribution is -2.26. The molecule has 1 heterocycles. The maximum Gasteiger partial charge on any atom is 0.451 e. The zero-order valence-corrected chi connectivity index (χ0v) is 11.6. The van der Waals surface area contributed by atoms with Gasteiger partial charge in [0.15, 0.2) is 0 Å². The van der Waals surface area contributed by atoms with Crippen LogP contribution in [0.25, 0.3) is 0 Å². The van der Waals surface area contributed by atoms with Crippen LogP contribution in [0.4, 0.5) is 24.8 Å². The molecule has 1 rings (SSSR count). The summed E-state index contributed by atoms with van der Waals surface area (Å²) in [6, 6.07) is 1.19. The Morgan fingerprint density at radius 2 is 1.90 bits per heavy atom. The summed E-state index contributed by atoms with van der Waals surface area (Å²) in [7, 11) is 0. The minimum atomic E-state index is -4.66. The van der Waals surface area contributed by atoms with Gasteiger partial charge in [0, 0.05) is 12.6 Å². The van der Waals surface area contributed by atoms with Crippen LogP contribution in [0.15, 0.2) is 6.07 Å². The quantitative estimate of drug-likeness (QED) is 0.793. The van der Waals surface area contributed by atoms with Crippen molar-refractivity contribution in [2.45, 2.75) is 39.5 Å². The second kappa shape index (κ2) is 5.82. The normalized spacial score (nSPS) is 14.2. The number of nitrogens with zero attached hydrogens (tertiary/aromatic N) is 2. The van der Waals surface area contributed by atoms with Crippen LogP contribution >= 0.6 is 0 Å². The largest absolute Gasteiger partial charge is 0.451 e. The highest BCUT2D eigenvalue weighted by Crippen LogP contribution is 2.27. The lowest BCUT2D eigenvalue weighted by atomic mass is 9.89. The third-order valence-electron chi connectivity index (χ3n) is 2.37. The smallest absolute Gasteiger partial charge is 0.391 e. The summed E-state index contributed by atoms with van der Waals surface area (Å²) in [4.78, 5) is 6.47. The molecule has 0 saturated carbocycles. The molecule has 0 bridgehead atoms. The Morgan fingerprint density at radius 1 is 1.30 bits per heavy atom. The summed E-state index contributed by atoms with van der Waals surface area (Å²) in [5, 5.41) is 12.4. The lowest BCUT2D eigenvalue weighted by molar-refractivity contribution is -0.144. The van der Waals surface area contributed by atoms with Crippen LogP contribution in [-0.4, -0.2) is 27.7 Å². The van der Waals surface area contributed by atoms with Crippen molar-refractivity contribution in [3.8, 4) is 0 Å². The van der Waals surface area contributed by atoms with Crippen molar-refractivity contribution in [3.05, 3.63) is 11.9 Å². The van der Waals surface area contributed by atoms with Gasteiger partial charge in [-0.05, 0) is 11.8 Å². The van der Waals surface area contributed by atoms with Crippen LogP contribution in [0.1, 0.15) is 33.0 Å². The molecular formula is C12H19F3N4O. The molecule has 1 aromatic heterocycles. The van der Waals surface area contributed by atoms with E-state index < -0.39 is 18.1 Å². The molecule has 0 aliphatic carbocycles. The average Bonchev–Trinajstić information content (AvgIpc) is 2.22. The zero-order valence-electron chi connectivity index (χ0n) is 11.6. The van der Waals surface area contributed by atoms with E-state index in [0.29, 0.717) is 6.42 Å². The van der Waals surface area contributed by atoms with Gasteiger partial charge < -0.3 is 16.2 Å². The van der Waals surface area contributed by atoms with Gasteiger partial charge in [-0.25, -0.2) is 9.97 Å². The van der Waals surface area contributed by atoms with Gasteiger partial charge in [-0.3, -0.25) is 0 Å². The molecule has 0 fully saturated rings. The van der Waals surface area contributed by atoms with E-state index in [1.54, 1.807) is 0 Å². The van der Waals surface area contributed by atoms with E-state index in [-0.39, 0.29) is 23.6 Å². The van der Waals surface area contributed by atoms with E-state index in [1.165, 1.54) is 6.07 Å². The second-order valence-electron chi connectivity index (χ2n) is 5.80. The van der Waals surface area contributed by atoms with Gasteiger partial charge >= 0.3 is 6.18 Å². The molecule has 0 aliphatic rings. The lowest BCUT2D eigenvalue weighted by Gasteiger charge is -2.22. The Labute approximate surface area is 115 Å². The molecule has 1 unspecified atom stereocenters. The van der Waals surface area contributed by atoms with Crippen LogP contribution in [0.5, 0.6) is 0 Å². The summed E-state index contributed by atoms with van der Waals surface area (Å²) in [6.07, 6.45) is -4.84. The van der Waals surface area contributed by atoms with E-state index in [2.05, 4.69) is 15.3 Å². The molecule has 114 valence electrons. The van der Waals surface area contributed by atoms with Gasteiger partial charge in [0.1, 0.15) is 11.6 Å². The number of halogens is 3. The van der Waals surface area contributed by atoms with Crippen molar-refractivity contribution in [2.75, 3.05) is 17.6 Å². The van der Waals surface area contributed by atoms with Gasteiger partial charge in [-0.2, -0.15) is 13.2 Å². The third-order valence-corrected chi connectivity index (χ3v) is 2.37. The zero-order chi connectivity index (χ0) is 15.6. The van der Waals surface area contributed by atoms with Gasteiger partial charge in [-0.1, -0.05) is 20.8 Å². The first-order chi connectivity index (χ1) is 8.97. The number of anilines is 2. The first-order valence-corrected chi connectivity index (χ1v) is 6.11. The molecule has 0 aromatic carbocycles. The fourth-order valence-corrected chi connectivity index (χ4v) is 1.68. The molecular weight excluding hydrogens is 273 g/mol. The topological polar surface area (TPSA) is 84.1 Å². The molecule has 0 amide bonds. The highest BCUT2D eigenvalue weighted by Gasteiger charge is 2.35. The van der Waals surface area contributed by atoms with E-state index in [0.717, 1.165) is 0 Å². The van der Waals surface area contributed by atoms with Crippen molar-refractivity contribution < 1.29 is 18.3 Å². The van der Waals surface area contributed by atoms with Crippen LogP contribution < -0.4 is 11.1 Å². The number of nitrogens with one attached hydrogen (secondary N) is 1.